The number of hydrogen-bond acceptors (Lipinski definition) is 5. The molecule has 3 rings (SSSR count). The van der Waals surface area contributed by atoms with Gasteiger partial charge in [0.25, 0.3) is 0 Å². The first-order valence-corrected chi connectivity index (χ1v) is 9.18. The first-order valence-electron chi connectivity index (χ1n) is 7.92. The van der Waals surface area contributed by atoms with Gasteiger partial charge in [-0.1, -0.05) is 23.4 Å². The van der Waals surface area contributed by atoms with E-state index in [1.165, 1.54) is 7.11 Å². The van der Waals surface area contributed by atoms with Crippen LogP contribution < -0.4 is 10.1 Å². The number of rotatable bonds is 5. The molecular formula is C17H14ClF3N4O2S. The van der Waals surface area contributed by atoms with Crippen molar-refractivity contribution < 1.29 is 22.7 Å². The van der Waals surface area contributed by atoms with Crippen LogP contribution in [0, 0.1) is 0 Å². The number of benzene rings is 1. The summed E-state index contributed by atoms with van der Waals surface area (Å²) in [5, 5.41) is 9.68. The number of pyridine rings is 1. The fourth-order valence-electron chi connectivity index (χ4n) is 2.30. The van der Waals surface area contributed by atoms with E-state index in [0.29, 0.717) is 11.4 Å². The standard InChI is InChI=1S/C17H14ClF3N4O2S/c1-9(15(26)22-11-3-5-12(27-2)6-4-11)28-16-24-23-14-13(18)7-10(8-25(14)16)17(19,20)21/h3-9H,1-2H3,(H,22,26). The lowest BCUT2D eigenvalue weighted by Crippen LogP contribution is -2.22. The molecule has 1 unspecified atom stereocenters. The Bertz CT molecular complexity index is 1010. The second-order valence-electron chi connectivity index (χ2n) is 5.73. The second kappa shape index (κ2) is 7.88. The summed E-state index contributed by atoms with van der Waals surface area (Å²) in [5.41, 5.74) is -0.284. The predicted molar refractivity (Wildman–Crippen MR) is 99.9 cm³/mol. The minimum absolute atomic E-state index is 0.0833. The molecule has 3 aromatic rings. The van der Waals surface area contributed by atoms with Gasteiger partial charge in [0.05, 0.1) is 22.9 Å². The highest BCUT2D eigenvalue weighted by Gasteiger charge is 2.32. The highest BCUT2D eigenvalue weighted by atomic mass is 35.5. The Balaban J connectivity index is 1.79. The molecule has 0 radical (unpaired) electrons. The number of amides is 1. The Hall–Kier alpha value is -2.46. The van der Waals surface area contributed by atoms with Crippen molar-refractivity contribution in [3.8, 4) is 5.75 Å². The summed E-state index contributed by atoms with van der Waals surface area (Å²) in [4.78, 5) is 12.4. The van der Waals surface area contributed by atoms with Crippen molar-refractivity contribution in [3.05, 3.63) is 47.1 Å². The predicted octanol–water partition coefficient (Wildman–Crippen LogP) is 4.53. The van der Waals surface area contributed by atoms with Crippen LogP contribution >= 0.6 is 23.4 Å². The molecule has 28 heavy (non-hydrogen) atoms. The van der Waals surface area contributed by atoms with Gasteiger partial charge in [-0.2, -0.15) is 13.2 Å². The number of hydrogen-bond donors (Lipinski definition) is 1. The fourth-order valence-corrected chi connectivity index (χ4v) is 3.37. The van der Waals surface area contributed by atoms with Crippen molar-refractivity contribution in [2.24, 2.45) is 0 Å². The molecule has 0 aliphatic heterocycles. The lowest BCUT2D eigenvalue weighted by atomic mass is 10.3. The maximum absolute atomic E-state index is 13.0. The largest absolute Gasteiger partial charge is 0.497 e. The number of fused-ring (bicyclic) bond motifs is 1. The van der Waals surface area contributed by atoms with Gasteiger partial charge in [0.1, 0.15) is 5.75 Å². The van der Waals surface area contributed by atoms with E-state index in [9.17, 15) is 18.0 Å². The van der Waals surface area contributed by atoms with E-state index in [2.05, 4.69) is 15.5 Å². The minimum atomic E-state index is -4.57. The maximum atomic E-state index is 13.0. The molecule has 6 nitrogen and oxygen atoms in total. The van der Waals surface area contributed by atoms with Gasteiger partial charge >= 0.3 is 6.18 Å². The van der Waals surface area contributed by atoms with E-state index in [0.717, 1.165) is 28.4 Å². The molecule has 0 aliphatic carbocycles. The highest BCUT2D eigenvalue weighted by Crippen LogP contribution is 2.34. The van der Waals surface area contributed by atoms with Crippen LogP contribution in [0.15, 0.2) is 41.7 Å². The number of halogens is 4. The summed E-state index contributed by atoms with van der Waals surface area (Å²) in [5.74, 6) is 0.303. The van der Waals surface area contributed by atoms with Crippen LogP contribution in [0.25, 0.3) is 5.65 Å². The zero-order valence-corrected chi connectivity index (χ0v) is 16.2. The molecule has 148 valence electrons. The number of carbonyl (C=O) groups is 1. The molecule has 0 bridgehead atoms. The Kier molecular flexibility index (Phi) is 5.71. The van der Waals surface area contributed by atoms with Crippen molar-refractivity contribution in [2.45, 2.75) is 23.5 Å². The van der Waals surface area contributed by atoms with Crippen LogP contribution in [-0.4, -0.2) is 32.9 Å². The van der Waals surface area contributed by atoms with Gasteiger partial charge in [-0.25, -0.2) is 0 Å². The Morgan fingerprint density at radius 2 is 1.96 bits per heavy atom. The van der Waals surface area contributed by atoms with Crippen molar-refractivity contribution in [3.63, 3.8) is 0 Å². The molecule has 1 amide bonds. The van der Waals surface area contributed by atoms with E-state index in [4.69, 9.17) is 16.3 Å². The van der Waals surface area contributed by atoms with E-state index >= 15 is 0 Å². The molecule has 0 saturated carbocycles. The minimum Gasteiger partial charge on any atom is -0.497 e. The average Bonchev–Trinajstić information content (AvgIpc) is 3.05. The van der Waals surface area contributed by atoms with Crippen molar-refractivity contribution in [1.29, 1.82) is 0 Å². The number of thioether (sulfide) groups is 1. The zero-order chi connectivity index (χ0) is 20.5. The molecule has 0 saturated heterocycles. The molecule has 0 fully saturated rings. The number of nitrogens with zero attached hydrogens (tertiary/aromatic N) is 3. The van der Waals surface area contributed by atoms with Crippen molar-refractivity contribution in [2.75, 3.05) is 12.4 Å². The Morgan fingerprint density at radius 3 is 2.57 bits per heavy atom. The van der Waals surface area contributed by atoms with Gasteiger partial charge in [0.2, 0.25) is 5.91 Å². The maximum Gasteiger partial charge on any atom is 0.417 e. The third-order valence-corrected chi connectivity index (χ3v) is 5.10. The smallest absolute Gasteiger partial charge is 0.417 e. The van der Waals surface area contributed by atoms with Gasteiger partial charge in [0, 0.05) is 11.9 Å². The topological polar surface area (TPSA) is 68.5 Å². The van der Waals surface area contributed by atoms with Crippen LogP contribution in [0.2, 0.25) is 5.02 Å². The first kappa shape index (κ1) is 20.3. The van der Waals surface area contributed by atoms with Crippen LogP contribution in [0.3, 0.4) is 0 Å². The number of anilines is 1. The van der Waals surface area contributed by atoms with E-state index < -0.39 is 17.0 Å². The van der Waals surface area contributed by atoms with Crippen LogP contribution in [0.5, 0.6) is 5.75 Å². The molecule has 2 heterocycles. The summed E-state index contributed by atoms with van der Waals surface area (Å²) in [6.45, 7) is 1.61. The van der Waals surface area contributed by atoms with Gasteiger partial charge in [0.15, 0.2) is 10.8 Å². The summed E-state index contributed by atoms with van der Waals surface area (Å²) >= 11 is 6.86. The van der Waals surface area contributed by atoms with Gasteiger partial charge in [-0.3, -0.25) is 9.20 Å². The van der Waals surface area contributed by atoms with E-state index in [1.807, 2.05) is 0 Å². The van der Waals surface area contributed by atoms with Gasteiger partial charge in [-0.05, 0) is 37.3 Å². The number of carbonyl (C=O) groups excluding carboxylic acids is 1. The normalized spacial score (nSPS) is 12.8. The lowest BCUT2D eigenvalue weighted by molar-refractivity contribution is -0.137. The Morgan fingerprint density at radius 1 is 1.29 bits per heavy atom. The number of ether oxygens (including phenoxy) is 1. The summed E-state index contributed by atoms with van der Waals surface area (Å²) in [7, 11) is 1.53. The lowest BCUT2D eigenvalue weighted by Gasteiger charge is -2.12. The third kappa shape index (κ3) is 4.33. The monoisotopic (exact) mass is 430 g/mol. The summed E-state index contributed by atoms with van der Waals surface area (Å²) in [6.07, 6.45) is -3.71. The highest BCUT2D eigenvalue weighted by molar-refractivity contribution is 8.00. The van der Waals surface area contributed by atoms with Crippen molar-refractivity contribution in [1.82, 2.24) is 14.6 Å². The summed E-state index contributed by atoms with van der Waals surface area (Å²) < 4.78 is 45.3. The molecule has 1 N–H and O–H groups in total. The number of nitrogens with one attached hydrogen (secondary N) is 1. The third-order valence-electron chi connectivity index (χ3n) is 3.76. The van der Waals surface area contributed by atoms with Crippen LogP contribution in [0.1, 0.15) is 12.5 Å². The fraction of sp³-hybridized carbons (Fsp3) is 0.235. The average molecular weight is 431 g/mol. The van der Waals surface area contributed by atoms with Crippen molar-refractivity contribution >= 4 is 40.6 Å². The number of methoxy groups -OCH3 is 1. The number of alkyl halides is 3. The second-order valence-corrected chi connectivity index (χ2v) is 7.44. The van der Waals surface area contributed by atoms with Crippen LogP contribution in [-0.2, 0) is 11.0 Å². The quantitative estimate of drug-likeness (QED) is 0.602. The Labute approximate surface area is 167 Å². The molecule has 1 atom stereocenters. The molecule has 1 aromatic carbocycles. The first-order chi connectivity index (χ1) is 13.2. The van der Waals surface area contributed by atoms with Gasteiger partial charge in [-0.15, -0.1) is 10.2 Å². The van der Waals surface area contributed by atoms with Gasteiger partial charge < -0.3 is 10.1 Å². The molecule has 2 aromatic heterocycles. The van der Waals surface area contributed by atoms with Crippen LogP contribution in [0.4, 0.5) is 18.9 Å². The number of aromatic nitrogens is 3. The SMILES string of the molecule is COc1ccc(NC(=O)C(C)Sc2nnc3c(Cl)cc(C(F)(F)F)cn23)cc1. The molecular weight excluding hydrogens is 417 g/mol. The molecule has 11 heteroatoms. The van der Waals surface area contributed by atoms with E-state index in [1.54, 1.807) is 31.2 Å². The molecule has 0 aliphatic rings. The zero-order valence-electron chi connectivity index (χ0n) is 14.6. The molecule has 0 spiro atoms. The van der Waals surface area contributed by atoms with E-state index in [-0.39, 0.29) is 21.7 Å². The summed E-state index contributed by atoms with van der Waals surface area (Å²) in [6, 6.07) is 7.53.